The van der Waals surface area contributed by atoms with Crippen LogP contribution in [-0.4, -0.2) is 0 Å². The Bertz CT molecular complexity index is 3110. The highest BCUT2D eigenvalue weighted by atomic mass is 32.1. The maximum absolute atomic E-state index is 2.44. The predicted octanol–water partition coefficient (Wildman–Crippen LogP) is 15.5. The molecule has 260 valence electrons. The van der Waals surface area contributed by atoms with Crippen LogP contribution < -0.4 is 4.90 Å². The molecule has 0 bridgehead atoms. The SMILES string of the molecule is CC1(C)c2ccccc2-c2cc(N(c3ccc(-c4ccccc4)cc3)c3ccc4sc5cccc(-c6cccc7c6ccc6ccccc67)c5c4c3)ccc21. The van der Waals surface area contributed by atoms with Gasteiger partial charge in [0.15, 0.2) is 0 Å². The lowest BCUT2D eigenvalue weighted by Crippen LogP contribution is -2.15. The molecule has 1 aliphatic rings. The van der Waals surface area contributed by atoms with Crippen molar-refractivity contribution in [2.24, 2.45) is 0 Å². The Morgan fingerprint density at radius 1 is 0.382 bits per heavy atom. The number of anilines is 3. The van der Waals surface area contributed by atoms with Crippen LogP contribution in [0.15, 0.2) is 188 Å². The lowest BCUT2D eigenvalue weighted by Gasteiger charge is -2.27. The zero-order chi connectivity index (χ0) is 36.7. The van der Waals surface area contributed by atoms with Crippen molar-refractivity contribution in [2.45, 2.75) is 19.3 Å². The third kappa shape index (κ3) is 4.99. The van der Waals surface area contributed by atoms with Gasteiger partial charge < -0.3 is 4.90 Å². The van der Waals surface area contributed by atoms with Crippen molar-refractivity contribution in [3.8, 4) is 33.4 Å². The van der Waals surface area contributed by atoms with Gasteiger partial charge in [0.1, 0.15) is 0 Å². The quantitative estimate of drug-likeness (QED) is 0.160. The molecular formula is C53H37NS. The molecule has 0 saturated carbocycles. The number of nitrogens with zero attached hydrogens (tertiary/aromatic N) is 1. The van der Waals surface area contributed by atoms with Gasteiger partial charge in [-0.2, -0.15) is 0 Å². The second-order valence-electron chi connectivity index (χ2n) is 15.3. The van der Waals surface area contributed by atoms with Gasteiger partial charge in [0, 0.05) is 42.6 Å². The van der Waals surface area contributed by atoms with Gasteiger partial charge >= 0.3 is 0 Å². The van der Waals surface area contributed by atoms with Crippen LogP contribution in [0.2, 0.25) is 0 Å². The summed E-state index contributed by atoms with van der Waals surface area (Å²) >= 11 is 1.88. The van der Waals surface area contributed by atoms with E-state index in [1.54, 1.807) is 0 Å². The fourth-order valence-electron chi connectivity index (χ4n) is 9.18. The molecule has 0 N–H and O–H groups in total. The molecule has 0 unspecified atom stereocenters. The van der Waals surface area contributed by atoms with Crippen molar-refractivity contribution in [1.82, 2.24) is 0 Å². The van der Waals surface area contributed by atoms with Gasteiger partial charge in [-0.3, -0.25) is 0 Å². The number of rotatable bonds is 5. The van der Waals surface area contributed by atoms with Crippen molar-refractivity contribution in [1.29, 1.82) is 0 Å². The molecule has 1 heterocycles. The molecule has 0 aliphatic heterocycles. The molecule has 1 aromatic heterocycles. The standard InChI is InChI=1S/C53H37NS/c1-53(2)48-20-9-8-16-44(48)46-32-38(27-30-49(46)53)54(37-25-22-35(23-26-37)34-12-4-3-5-13-34)39-28-31-50-47(33-39)52-45(19-11-21-51(52)55-50)42-18-10-17-41-40-15-7-6-14-36(40)24-29-43(41)42/h3-33H,1-2H3. The molecule has 0 amide bonds. The predicted molar refractivity (Wildman–Crippen MR) is 237 cm³/mol. The number of hydrogen-bond donors (Lipinski definition) is 0. The van der Waals surface area contributed by atoms with Crippen LogP contribution in [0.25, 0.3) is 75.1 Å². The van der Waals surface area contributed by atoms with Crippen molar-refractivity contribution >= 4 is 70.1 Å². The first-order valence-corrected chi connectivity index (χ1v) is 19.9. The second-order valence-corrected chi connectivity index (χ2v) is 16.4. The number of benzene rings is 9. The Morgan fingerprint density at radius 2 is 1.04 bits per heavy atom. The Balaban J connectivity index is 1.12. The van der Waals surface area contributed by atoms with Crippen LogP contribution in [-0.2, 0) is 5.41 Å². The normalized spacial score (nSPS) is 13.1. The van der Waals surface area contributed by atoms with Gasteiger partial charge in [-0.05, 0) is 115 Å². The van der Waals surface area contributed by atoms with Gasteiger partial charge in [-0.1, -0.05) is 153 Å². The van der Waals surface area contributed by atoms with E-state index in [9.17, 15) is 0 Å². The third-order valence-corrected chi connectivity index (χ3v) is 13.0. The van der Waals surface area contributed by atoms with Crippen LogP contribution in [0, 0.1) is 0 Å². The van der Waals surface area contributed by atoms with E-state index in [-0.39, 0.29) is 5.41 Å². The molecule has 0 saturated heterocycles. The second kappa shape index (κ2) is 12.3. The Hall–Kier alpha value is -6.48. The zero-order valence-corrected chi connectivity index (χ0v) is 31.6. The topological polar surface area (TPSA) is 3.24 Å². The molecule has 1 aliphatic carbocycles. The lowest BCUT2D eigenvalue weighted by atomic mass is 9.82. The molecular weight excluding hydrogens is 683 g/mol. The highest BCUT2D eigenvalue weighted by molar-refractivity contribution is 7.26. The monoisotopic (exact) mass is 719 g/mol. The van der Waals surface area contributed by atoms with E-state index in [0.717, 1.165) is 17.1 Å². The lowest BCUT2D eigenvalue weighted by molar-refractivity contribution is 0.660. The summed E-state index contributed by atoms with van der Waals surface area (Å²) in [6.07, 6.45) is 0. The van der Waals surface area contributed by atoms with E-state index < -0.39 is 0 Å². The molecule has 9 aromatic carbocycles. The fourth-order valence-corrected chi connectivity index (χ4v) is 10.3. The van der Waals surface area contributed by atoms with Crippen molar-refractivity contribution in [2.75, 3.05) is 4.90 Å². The molecule has 11 rings (SSSR count). The minimum atomic E-state index is -0.0502. The summed E-state index contributed by atoms with van der Waals surface area (Å²) in [5.74, 6) is 0. The molecule has 55 heavy (non-hydrogen) atoms. The van der Waals surface area contributed by atoms with E-state index in [1.807, 2.05) is 11.3 Å². The number of thiophene rings is 1. The maximum atomic E-state index is 2.44. The van der Waals surface area contributed by atoms with Gasteiger partial charge in [0.05, 0.1) is 0 Å². The summed E-state index contributed by atoms with van der Waals surface area (Å²) < 4.78 is 2.60. The van der Waals surface area contributed by atoms with Crippen LogP contribution in [0.3, 0.4) is 0 Å². The van der Waals surface area contributed by atoms with Crippen LogP contribution >= 0.6 is 11.3 Å². The molecule has 0 radical (unpaired) electrons. The fraction of sp³-hybridized carbons (Fsp3) is 0.0566. The van der Waals surface area contributed by atoms with Crippen molar-refractivity contribution in [3.05, 3.63) is 199 Å². The smallest absolute Gasteiger partial charge is 0.0468 e. The van der Waals surface area contributed by atoms with Gasteiger partial charge in [-0.25, -0.2) is 0 Å². The summed E-state index contributed by atoms with van der Waals surface area (Å²) in [5.41, 5.74) is 13.8. The molecule has 0 atom stereocenters. The summed E-state index contributed by atoms with van der Waals surface area (Å²) in [4.78, 5) is 2.44. The molecule has 2 heteroatoms. The van der Waals surface area contributed by atoms with Crippen molar-refractivity contribution < 1.29 is 0 Å². The Kier molecular flexibility index (Phi) is 7.14. The average molecular weight is 720 g/mol. The summed E-state index contributed by atoms with van der Waals surface area (Å²) in [7, 11) is 0. The Labute approximate surface area is 325 Å². The van der Waals surface area contributed by atoms with E-state index in [0.29, 0.717) is 0 Å². The van der Waals surface area contributed by atoms with Crippen LogP contribution in [0.5, 0.6) is 0 Å². The summed E-state index contributed by atoms with van der Waals surface area (Å²) in [5, 5.41) is 7.73. The number of fused-ring (bicyclic) bond motifs is 9. The minimum absolute atomic E-state index is 0.0502. The maximum Gasteiger partial charge on any atom is 0.0468 e. The largest absolute Gasteiger partial charge is 0.310 e. The van der Waals surface area contributed by atoms with Gasteiger partial charge in [0.25, 0.3) is 0 Å². The molecule has 0 fully saturated rings. The van der Waals surface area contributed by atoms with E-state index in [2.05, 4.69) is 207 Å². The Morgan fingerprint density at radius 3 is 1.93 bits per heavy atom. The van der Waals surface area contributed by atoms with Crippen LogP contribution in [0.1, 0.15) is 25.0 Å². The highest BCUT2D eigenvalue weighted by Gasteiger charge is 2.35. The highest BCUT2D eigenvalue weighted by Crippen LogP contribution is 2.51. The summed E-state index contributed by atoms with van der Waals surface area (Å²) in [6, 6.07) is 69.6. The third-order valence-electron chi connectivity index (χ3n) is 11.9. The average Bonchev–Trinajstić information content (AvgIpc) is 3.72. The van der Waals surface area contributed by atoms with E-state index in [1.165, 1.54) is 86.2 Å². The van der Waals surface area contributed by atoms with E-state index >= 15 is 0 Å². The van der Waals surface area contributed by atoms with Gasteiger partial charge in [-0.15, -0.1) is 11.3 Å². The summed E-state index contributed by atoms with van der Waals surface area (Å²) in [6.45, 7) is 4.70. The molecule has 10 aromatic rings. The van der Waals surface area contributed by atoms with Gasteiger partial charge in [0.2, 0.25) is 0 Å². The first-order valence-electron chi connectivity index (χ1n) is 19.1. The number of hydrogen-bond acceptors (Lipinski definition) is 2. The first kappa shape index (κ1) is 32.0. The zero-order valence-electron chi connectivity index (χ0n) is 30.8. The first-order chi connectivity index (χ1) is 27.0. The van der Waals surface area contributed by atoms with Crippen LogP contribution in [0.4, 0.5) is 17.1 Å². The van der Waals surface area contributed by atoms with Crippen molar-refractivity contribution in [3.63, 3.8) is 0 Å². The van der Waals surface area contributed by atoms with E-state index in [4.69, 9.17) is 0 Å². The minimum Gasteiger partial charge on any atom is -0.310 e. The molecule has 0 spiro atoms. The molecule has 1 nitrogen and oxygen atoms in total.